The summed E-state index contributed by atoms with van der Waals surface area (Å²) in [4.78, 5) is 12.2. The van der Waals surface area contributed by atoms with Crippen LogP contribution >= 0.6 is 15.9 Å². The van der Waals surface area contributed by atoms with E-state index in [1.807, 2.05) is 12.1 Å². The van der Waals surface area contributed by atoms with E-state index < -0.39 is 11.6 Å². The third-order valence-electron chi connectivity index (χ3n) is 5.54. The third-order valence-corrected chi connectivity index (χ3v) is 6.12. The number of anilines is 3. The van der Waals surface area contributed by atoms with Crippen LogP contribution in [0.25, 0.3) is 16.5 Å². The van der Waals surface area contributed by atoms with Crippen molar-refractivity contribution in [1.82, 2.24) is 20.3 Å². The van der Waals surface area contributed by atoms with Crippen LogP contribution in [0.5, 0.6) is 0 Å². The molecular formula is C24H21BrF2N6. The van der Waals surface area contributed by atoms with E-state index in [-0.39, 0.29) is 6.54 Å². The monoisotopic (exact) mass is 510 g/mol. The molecule has 5 rings (SSSR count). The molecule has 0 bridgehead atoms. The van der Waals surface area contributed by atoms with Gasteiger partial charge in [0.25, 0.3) is 0 Å². The van der Waals surface area contributed by atoms with E-state index in [2.05, 4.69) is 65.2 Å². The lowest BCUT2D eigenvalue weighted by Crippen LogP contribution is -2.19. The summed E-state index contributed by atoms with van der Waals surface area (Å²) in [6, 6.07) is 9.89. The van der Waals surface area contributed by atoms with E-state index in [1.165, 1.54) is 17.2 Å². The molecule has 0 aliphatic carbocycles. The van der Waals surface area contributed by atoms with E-state index in [1.54, 1.807) is 6.20 Å². The molecule has 6 nitrogen and oxygen atoms in total. The summed E-state index contributed by atoms with van der Waals surface area (Å²) in [6.45, 7) is 2.14. The van der Waals surface area contributed by atoms with Gasteiger partial charge in [0.15, 0.2) is 11.6 Å². The number of aromatic nitrogens is 3. The summed E-state index contributed by atoms with van der Waals surface area (Å²) in [6.07, 6.45) is 6.92. The van der Waals surface area contributed by atoms with Crippen molar-refractivity contribution in [3.8, 4) is 0 Å². The fourth-order valence-electron chi connectivity index (χ4n) is 3.85. The summed E-state index contributed by atoms with van der Waals surface area (Å²) in [7, 11) is 0. The molecule has 0 saturated carbocycles. The molecule has 0 spiro atoms. The summed E-state index contributed by atoms with van der Waals surface area (Å²) in [5.41, 5.74) is 5.08. The molecule has 0 amide bonds. The van der Waals surface area contributed by atoms with Gasteiger partial charge in [-0.1, -0.05) is 12.1 Å². The fraction of sp³-hybridized carbons (Fsp3) is 0.167. The van der Waals surface area contributed by atoms with Crippen LogP contribution in [0, 0.1) is 11.6 Å². The van der Waals surface area contributed by atoms with Crippen LogP contribution in [0.15, 0.2) is 59.3 Å². The Morgan fingerprint density at radius 1 is 1.09 bits per heavy atom. The number of aromatic amines is 1. The highest BCUT2D eigenvalue weighted by atomic mass is 79.9. The minimum atomic E-state index is -0.877. The van der Waals surface area contributed by atoms with E-state index in [4.69, 9.17) is 0 Å². The molecule has 2 aromatic heterocycles. The maximum absolute atomic E-state index is 13.5. The van der Waals surface area contributed by atoms with Crippen LogP contribution in [-0.2, 0) is 6.54 Å². The smallest absolute Gasteiger partial charge is 0.229 e. The van der Waals surface area contributed by atoms with Crippen LogP contribution in [-0.4, -0.2) is 28.0 Å². The standard InChI is InChI=1S/C24H21BrF2N6/c25-19-13-31-24(33-23(19)30-11-14-1-3-20(26)21(27)9-14)32-16-2-4-22-17(10-16)18(12-29-22)15-5-7-28-8-6-15/h1-5,9-10,12-13,28-29H,6-8,11H2,(H2,30,31,32,33). The number of H-pyrrole nitrogens is 1. The summed E-state index contributed by atoms with van der Waals surface area (Å²) < 4.78 is 27.3. The number of hydrogen-bond acceptors (Lipinski definition) is 5. The lowest BCUT2D eigenvalue weighted by molar-refractivity contribution is 0.507. The van der Waals surface area contributed by atoms with E-state index in [0.29, 0.717) is 21.8 Å². The van der Waals surface area contributed by atoms with Gasteiger partial charge >= 0.3 is 0 Å². The molecule has 0 radical (unpaired) electrons. The fourth-order valence-corrected chi connectivity index (χ4v) is 4.18. The lowest BCUT2D eigenvalue weighted by Gasteiger charge is -2.14. The van der Waals surface area contributed by atoms with Gasteiger partial charge in [-0.3, -0.25) is 0 Å². The number of nitrogens with one attached hydrogen (secondary N) is 4. The molecule has 1 aliphatic heterocycles. The second-order valence-electron chi connectivity index (χ2n) is 7.76. The minimum Gasteiger partial charge on any atom is -0.365 e. The number of nitrogens with zero attached hydrogens (tertiary/aromatic N) is 2. The number of halogens is 3. The first-order chi connectivity index (χ1) is 16.1. The molecular weight excluding hydrogens is 490 g/mol. The van der Waals surface area contributed by atoms with Crippen LogP contribution in [0.2, 0.25) is 0 Å². The van der Waals surface area contributed by atoms with Crippen molar-refractivity contribution in [3.63, 3.8) is 0 Å². The van der Waals surface area contributed by atoms with E-state index >= 15 is 0 Å². The molecule has 168 valence electrons. The SMILES string of the molecule is Fc1ccc(CNc2nc(Nc3ccc4[nH]cc(C5=CCNCC5)c4c3)ncc2Br)cc1F. The zero-order chi connectivity index (χ0) is 22.8. The quantitative estimate of drug-likeness (QED) is 0.266. The maximum Gasteiger partial charge on any atom is 0.229 e. The van der Waals surface area contributed by atoms with Crippen LogP contribution < -0.4 is 16.0 Å². The first-order valence-corrected chi connectivity index (χ1v) is 11.3. The lowest BCUT2D eigenvalue weighted by atomic mass is 9.99. The molecule has 0 saturated heterocycles. The highest BCUT2D eigenvalue weighted by Gasteiger charge is 2.12. The van der Waals surface area contributed by atoms with Crippen LogP contribution in [0.4, 0.5) is 26.2 Å². The Balaban J connectivity index is 1.35. The Kier molecular flexibility index (Phi) is 6.06. The first kappa shape index (κ1) is 21.5. The van der Waals surface area contributed by atoms with Crippen molar-refractivity contribution in [2.24, 2.45) is 0 Å². The van der Waals surface area contributed by atoms with Gasteiger partial charge in [0.1, 0.15) is 5.82 Å². The van der Waals surface area contributed by atoms with Gasteiger partial charge < -0.3 is 20.9 Å². The zero-order valence-corrected chi connectivity index (χ0v) is 19.1. The summed E-state index contributed by atoms with van der Waals surface area (Å²) in [5.74, 6) is -0.783. The number of benzene rings is 2. The normalized spacial score (nSPS) is 13.7. The van der Waals surface area contributed by atoms with Crippen molar-refractivity contribution < 1.29 is 8.78 Å². The average Bonchev–Trinajstić information content (AvgIpc) is 3.25. The molecule has 4 aromatic rings. The second kappa shape index (κ2) is 9.29. The van der Waals surface area contributed by atoms with Gasteiger partial charge in [-0.15, -0.1) is 0 Å². The van der Waals surface area contributed by atoms with E-state index in [9.17, 15) is 8.78 Å². The molecule has 4 N–H and O–H groups in total. The predicted molar refractivity (Wildman–Crippen MR) is 130 cm³/mol. The Hall–Kier alpha value is -3.30. The first-order valence-electron chi connectivity index (χ1n) is 10.6. The Labute approximate surface area is 197 Å². The van der Waals surface area contributed by atoms with Gasteiger partial charge in [0.2, 0.25) is 5.95 Å². The highest BCUT2D eigenvalue weighted by Crippen LogP contribution is 2.31. The number of hydrogen-bond donors (Lipinski definition) is 4. The number of rotatable bonds is 6. The van der Waals surface area contributed by atoms with E-state index in [0.717, 1.165) is 48.2 Å². The van der Waals surface area contributed by atoms with Crippen LogP contribution in [0.1, 0.15) is 17.5 Å². The van der Waals surface area contributed by atoms with Crippen LogP contribution in [0.3, 0.4) is 0 Å². The Morgan fingerprint density at radius 2 is 2.00 bits per heavy atom. The molecule has 0 fully saturated rings. The topological polar surface area (TPSA) is 77.7 Å². The van der Waals surface area contributed by atoms with Crippen molar-refractivity contribution in [3.05, 3.63) is 82.1 Å². The largest absolute Gasteiger partial charge is 0.365 e. The second-order valence-corrected chi connectivity index (χ2v) is 8.62. The van der Waals surface area contributed by atoms with Crippen molar-refractivity contribution >= 4 is 49.9 Å². The third kappa shape index (κ3) is 4.74. The van der Waals surface area contributed by atoms with Gasteiger partial charge in [-0.05, 0) is 70.4 Å². The summed E-state index contributed by atoms with van der Waals surface area (Å²) in [5, 5.41) is 10.9. The molecule has 0 unspecified atom stereocenters. The van der Waals surface area contributed by atoms with Crippen molar-refractivity contribution in [2.75, 3.05) is 23.7 Å². The van der Waals surface area contributed by atoms with Crippen molar-refractivity contribution in [2.45, 2.75) is 13.0 Å². The molecule has 33 heavy (non-hydrogen) atoms. The molecule has 3 heterocycles. The predicted octanol–water partition coefficient (Wildman–Crippen LogP) is 5.73. The highest BCUT2D eigenvalue weighted by molar-refractivity contribution is 9.10. The minimum absolute atomic E-state index is 0.287. The van der Waals surface area contributed by atoms with Gasteiger partial charge in [-0.2, -0.15) is 4.98 Å². The number of fused-ring (bicyclic) bond motifs is 1. The van der Waals surface area contributed by atoms with Gasteiger partial charge in [-0.25, -0.2) is 13.8 Å². The van der Waals surface area contributed by atoms with Crippen molar-refractivity contribution in [1.29, 1.82) is 0 Å². The Morgan fingerprint density at radius 3 is 2.82 bits per heavy atom. The summed E-state index contributed by atoms with van der Waals surface area (Å²) >= 11 is 3.43. The molecule has 1 aliphatic rings. The maximum atomic E-state index is 13.5. The molecule has 2 aromatic carbocycles. The Bertz CT molecular complexity index is 1350. The zero-order valence-electron chi connectivity index (χ0n) is 17.6. The van der Waals surface area contributed by atoms with Gasteiger partial charge in [0, 0.05) is 47.6 Å². The average molecular weight is 511 g/mol. The molecule has 9 heteroatoms. The molecule has 0 atom stereocenters. The van der Waals surface area contributed by atoms with Gasteiger partial charge in [0.05, 0.1) is 4.47 Å².